The van der Waals surface area contributed by atoms with E-state index in [4.69, 9.17) is 10.2 Å². The van der Waals surface area contributed by atoms with Crippen LogP contribution in [0.25, 0.3) is 0 Å². The highest BCUT2D eigenvalue weighted by Gasteiger charge is 2.23. The molecular formula is C6H13N5O2. The van der Waals surface area contributed by atoms with Gasteiger partial charge < -0.3 is 15.5 Å². The van der Waals surface area contributed by atoms with E-state index in [1.165, 1.54) is 4.68 Å². The van der Waals surface area contributed by atoms with Crippen molar-refractivity contribution in [2.75, 3.05) is 18.5 Å². The van der Waals surface area contributed by atoms with E-state index >= 15 is 0 Å². The van der Waals surface area contributed by atoms with Crippen LogP contribution in [-0.4, -0.2) is 49.2 Å². The molecule has 0 aliphatic carbocycles. The van der Waals surface area contributed by atoms with Crippen molar-refractivity contribution in [3.05, 3.63) is 0 Å². The minimum Gasteiger partial charge on any atom is -0.394 e. The molecule has 3 N–H and O–H groups in total. The third-order valence-electron chi connectivity index (χ3n) is 1.73. The van der Waals surface area contributed by atoms with Gasteiger partial charge in [0.2, 0.25) is 5.95 Å². The maximum Gasteiger partial charge on any atom is 0.243 e. The number of nitrogens with zero attached hydrogens (tertiary/aromatic N) is 4. The molecule has 0 unspecified atom stereocenters. The number of hydrogen-bond donors (Lipinski definition) is 3. The Morgan fingerprint density at radius 1 is 1.46 bits per heavy atom. The SMILES string of the molecule is Cn1nnnc1NC(C)(CO)CO. The first-order chi connectivity index (χ1) is 6.11. The molecule has 0 aromatic carbocycles. The minimum absolute atomic E-state index is 0.198. The average molecular weight is 187 g/mol. The van der Waals surface area contributed by atoms with E-state index in [1.54, 1.807) is 14.0 Å². The fourth-order valence-corrected chi connectivity index (χ4v) is 0.734. The van der Waals surface area contributed by atoms with Crippen LogP contribution in [0.3, 0.4) is 0 Å². The lowest BCUT2D eigenvalue weighted by Gasteiger charge is -2.25. The van der Waals surface area contributed by atoms with Crippen LogP contribution in [0.5, 0.6) is 0 Å². The van der Waals surface area contributed by atoms with Crippen molar-refractivity contribution in [3.63, 3.8) is 0 Å². The molecule has 0 fully saturated rings. The Morgan fingerprint density at radius 3 is 2.46 bits per heavy atom. The zero-order chi connectivity index (χ0) is 9.90. The van der Waals surface area contributed by atoms with Gasteiger partial charge in [0.15, 0.2) is 0 Å². The summed E-state index contributed by atoms with van der Waals surface area (Å²) in [6.07, 6.45) is 0. The molecule has 0 saturated heterocycles. The Balaban J connectivity index is 2.73. The summed E-state index contributed by atoms with van der Waals surface area (Å²) in [6.45, 7) is 1.27. The van der Waals surface area contributed by atoms with E-state index in [2.05, 4.69) is 20.8 Å². The molecule has 7 heteroatoms. The van der Waals surface area contributed by atoms with Gasteiger partial charge in [0.25, 0.3) is 0 Å². The normalized spacial score (nSPS) is 11.7. The van der Waals surface area contributed by atoms with E-state index in [0.29, 0.717) is 5.95 Å². The van der Waals surface area contributed by atoms with Crippen molar-refractivity contribution in [3.8, 4) is 0 Å². The number of nitrogens with one attached hydrogen (secondary N) is 1. The lowest BCUT2D eigenvalue weighted by molar-refractivity contribution is 0.146. The lowest BCUT2D eigenvalue weighted by atomic mass is 10.1. The monoisotopic (exact) mass is 187 g/mol. The van der Waals surface area contributed by atoms with Crippen LogP contribution in [0.15, 0.2) is 0 Å². The molecule has 0 amide bonds. The summed E-state index contributed by atoms with van der Waals surface area (Å²) in [5.74, 6) is 0.408. The first-order valence-corrected chi connectivity index (χ1v) is 3.83. The summed E-state index contributed by atoms with van der Waals surface area (Å²) in [7, 11) is 1.66. The highest BCUT2D eigenvalue weighted by atomic mass is 16.3. The topological polar surface area (TPSA) is 96.1 Å². The first kappa shape index (κ1) is 9.87. The number of hydrogen-bond acceptors (Lipinski definition) is 6. The van der Waals surface area contributed by atoms with Crippen LogP contribution in [-0.2, 0) is 7.05 Å². The zero-order valence-electron chi connectivity index (χ0n) is 7.60. The van der Waals surface area contributed by atoms with Gasteiger partial charge in [0, 0.05) is 7.05 Å². The van der Waals surface area contributed by atoms with E-state index in [9.17, 15) is 0 Å². The van der Waals surface area contributed by atoms with E-state index in [0.717, 1.165) is 0 Å². The zero-order valence-corrected chi connectivity index (χ0v) is 7.60. The number of aliphatic hydroxyl groups is 2. The Labute approximate surface area is 75.4 Å². The van der Waals surface area contributed by atoms with Crippen molar-refractivity contribution in [2.45, 2.75) is 12.5 Å². The highest BCUT2D eigenvalue weighted by Crippen LogP contribution is 2.09. The van der Waals surface area contributed by atoms with Crippen molar-refractivity contribution >= 4 is 5.95 Å². The Kier molecular flexibility index (Phi) is 2.79. The number of rotatable bonds is 4. The number of aliphatic hydroxyl groups excluding tert-OH is 2. The molecule has 0 aliphatic rings. The van der Waals surface area contributed by atoms with Crippen LogP contribution in [0, 0.1) is 0 Å². The molecule has 0 spiro atoms. The van der Waals surface area contributed by atoms with Gasteiger partial charge in [-0.3, -0.25) is 0 Å². The summed E-state index contributed by atoms with van der Waals surface area (Å²) in [5.41, 5.74) is -0.803. The Hall–Kier alpha value is -1.21. The van der Waals surface area contributed by atoms with Crippen LogP contribution in [0.4, 0.5) is 5.95 Å². The van der Waals surface area contributed by atoms with E-state index < -0.39 is 5.54 Å². The second-order valence-corrected chi connectivity index (χ2v) is 3.13. The van der Waals surface area contributed by atoms with Crippen molar-refractivity contribution in [1.29, 1.82) is 0 Å². The van der Waals surface area contributed by atoms with Crippen LogP contribution < -0.4 is 5.32 Å². The third kappa shape index (κ3) is 2.13. The van der Waals surface area contributed by atoms with Gasteiger partial charge in [-0.2, -0.15) is 0 Å². The molecule has 1 aromatic rings. The molecule has 74 valence electrons. The van der Waals surface area contributed by atoms with Gasteiger partial charge in [-0.15, -0.1) is 0 Å². The summed E-state index contributed by atoms with van der Waals surface area (Å²) in [5, 5.41) is 31.5. The van der Waals surface area contributed by atoms with E-state index in [-0.39, 0.29) is 13.2 Å². The molecule has 1 aromatic heterocycles. The number of aryl methyl sites for hydroxylation is 1. The summed E-state index contributed by atoms with van der Waals surface area (Å²) in [6, 6.07) is 0. The molecule has 0 saturated carbocycles. The van der Waals surface area contributed by atoms with Gasteiger partial charge in [0.1, 0.15) is 0 Å². The number of tetrazole rings is 1. The molecule has 0 atom stereocenters. The van der Waals surface area contributed by atoms with Gasteiger partial charge in [0.05, 0.1) is 18.8 Å². The molecule has 1 heterocycles. The minimum atomic E-state index is -0.803. The molecule has 0 radical (unpaired) electrons. The van der Waals surface area contributed by atoms with Crippen molar-refractivity contribution in [2.24, 2.45) is 7.05 Å². The smallest absolute Gasteiger partial charge is 0.243 e. The summed E-state index contributed by atoms with van der Waals surface area (Å²) >= 11 is 0. The van der Waals surface area contributed by atoms with Gasteiger partial charge >= 0.3 is 0 Å². The quantitative estimate of drug-likeness (QED) is 0.523. The van der Waals surface area contributed by atoms with Crippen LogP contribution in [0.2, 0.25) is 0 Å². The van der Waals surface area contributed by atoms with Crippen molar-refractivity contribution < 1.29 is 10.2 Å². The second kappa shape index (κ2) is 3.67. The van der Waals surface area contributed by atoms with E-state index in [1.807, 2.05) is 0 Å². The van der Waals surface area contributed by atoms with Gasteiger partial charge in [-0.25, -0.2) is 4.68 Å². The summed E-state index contributed by atoms with van der Waals surface area (Å²) < 4.78 is 1.42. The van der Waals surface area contributed by atoms with Gasteiger partial charge in [-0.05, 0) is 17.4 Å². The lowest BCUT2D eigenvalue weighted by Crippen LogP contribution is -2.43. The fourth-order valence-electron chi connectivity index (χ4n) is 0.734. The highest BCUT2D eigenvalue weighted by molar-refractivity contribution is 5.26. The van der Waals surface area contributed by atoms with Gasteiger partial charge in [-0.1, -0.05) is 5.10 Å². The second-order valence-electron chi connectivity index (χ2n) is 3.13. The average Bonchev–Trinajstić information content (AvgIpc) is 2.52. The third-order valence-corrected chi connectivity index (χ3v) is 1.73. The molecule has 1 rings (SSSR count). The largest absolute Gasteiger partial charge is 0.394 e. The molecular weight excluding hydrogens is 174 g/mol. The first-order valence-electron chi connectivity index (χ1n) is 3.83. The Morgan fingerprint density at radius 2 is 2.08 bits per heavy atom. The maximum atomic E-state index is 8.97. The van der Waals surface area contributed by atoms with Crippen LogP contribution >= 0.6 is 0 Å². The maximum absolute atomic E-state index is 8.97. The Bertz CT molecular complexity index is 270. The van der Waals surface area contributed by atoms with Crippen molar-refractivity contribution in [1.82, 2.24) is 20.2 Å². The van der Waals surface area contributed by atoms with Crippen LogP contribution in [0.1, 0.15) is 6.92 Å². The number of anilines is 1. The molecule has 0 aliphatic heterocycles. The molecule has 0 bridgehead atoms. The summed E-state index contributed by atoms with van der Waals surface area (Å²) in [4.78, 5) is 0. The molecule has 13 heavy (non-hydrogen) atoms. The number of aromatic nitrogens is 4. The molecule has 7 nitrogen and oxygen atoms in total. The predicted octanol–water partition coefficient (Wildman–Crippen LogP) is -1.63. The predicted molar refractivity (Wildman–Crippen MR) is 45.0 cm³/mol. The standard InChI is InChI=1S/C6H13N5O2/c1-6(3-12,4-13)7-5-8-9-10-11(5)2/h12-13H,3-4H2,1-2H3,(H,7,8,10). The fraction of sp³-hybridized carbons (Fsp3) is 0.833.